The first-order valence-electron chi connectivity index (χ1n) is 9.39. The van der Waals surface area contributed by atoms with Crippen LogP contribution >= 0.6 is 11.3 Å². The van der Waals surface area contributed by atoms with E-state index in [1.165, 1.54) is 11.1 Å². The fraction of sp³-hybridized carbons (Fsp3) is 0.304. The summed E-state index contributed by atoms with van der Waals surface area (Å²) in [5.41, 5.74) is 4.38. The summed E-state index contributed by atoms with van der Waals surface area (Å²) in [5, 5.41) is 0.976. The summed E-state index contributed by atoms with van der Waals surface area (Å²) in [6, 6.07) is 16.2. The van der Waals surface area contributed by atoms with Crippen LogP contribution in [0.15, 0.2) is 48.5 Å². The monoisotopic (exact) mass is 394 g/mol. The van der Waals surface area contributed by atoms with E-state index >= 15 is 0 Å². The van der Waals surface area contributed by atoms with Gasteiger partial charge in [0.15, 0.2) is 0 Å². The number of hydrogen-bond donors (Lipinski definition) is 0. The molecule has 0 saturated carbocycles. The Morgan fingerprint density at radius 2 is 1.61 bits per heavy atom. The van der Waals surface area contributed by atoms with Gasteiger partial charge in [-0.05, 0) is 32.9 Å². The average molecular weight is 395 g/mol. The molecule has 28 heavy (non-hydrogen) atoms. The summed E-state index contributed by atoms with van der Waals surface area (Å²) < 4.78 is 5.74. The van der Waals surface area contributed by atoms with Gasteiger partial charge in [0.2, 0.25) is 5.91 Å². The normalized spacial score (nSPS) is 10.7. The second-order valence-corrected chi connectivity index (χ2v) is 8.31. The number of carbonyl (C=O) groups is 1. The molecule has 0 radical (unpaired) electrons. The molecule has 0 unspecified atom stereocenters. The van der Waals surface area contributed by atoms with Crippen LogP contribution in [-0.2, 0) is 11.2 Å². The Bertz CT molecular complexity index is 930. The zero-order chi connectivity index (χ0) is 20.1. The van der Waals surface area contributed by atoms with Crippen molar-refractivity contribution < 1.29 is 9.53 Å². The third-order valence-electron chi connectivity index (χ3n) is 4.58. The second kappa shape index (κ2) is 9.02. The van der Waals surface area contributed by atoms with Gasteiger partial charge in [0.1, 0.15) is 12.4 Å². The highest BCUT2D eigenvalue weighted by atomic mass is 32.1. The van der Waals surface area contributed by atoms with Crippen LogP contribution in [0.25, 0.3) is 11.3 Å². The minimum Gasteiger partial charge on any atom is -0.492 e. The van der Waals surface area contributed by atoms with Crippen molar-refractivity contribution in [3.63, 3.8) is 0 Å². The number of amides is 1. The molecule has 1 heterocycles. The molecule has 0 atom stereocenters. The molecule has 0 aliphatic carbocycles. The molecule has 2 aromatic carbocycles. The number of aryl methyl sites for hydroxylation is 3. The van der Waals surface area contributed by atoms with Gasteiger partial charge in [-0.25, -0.2) is 4.98 Å². The Hall–Kier alpha value is -2.66. The van der Waals surface area contributed by atoms with Crippen molar-refractivity contribution in [2.45, 2.75) is 27.2 Å². The van der Waals surface area contributed by atoms with Gasteiger partial charge in [-0.15, -0.1) is 11.3 Å². The molecule has 0 fully saturated rings. The largest absolute Gasteiger partial charge is 0.492 e. The Morgan fingerprint density at radius 3 is 2.25 bits per heavy atom. The lowest BCUT2D eigenvalue weighted by Crippen LogP contribution is -2.32. The van der Waals surface area contributed by atoms with Crippen molar-refractivity contribution in [1.29, 1.82) is 0 Å². The van der Waals surface area contributed by atoms with E-state index in [2.05, 4.69) is 36.2 Å². The highest BCUT2D eigenvalue weighted by Gasteiger charge is 2.17. The molecule has 0 bridgehead atoms. The lowest BCUT2D eigenvalue weighted by Gasteiger charge is -2.17. The summed E-state index contributed by atoms with van der Waals surface area (Å²) in [6.45, 7) is 7.11. The van der Waals surface area contributed by atoms with Gasteiger partial charge in [0.05, 0.1) is 23.7 Å². The highest BCUT2D eigenvalue weighted by Crippen LogP contribution is 2.29. The molecule has 1 amide bonds. The molecular weight excluding hydrogens is 368 g/mol. The first kappa shape index (κ1) is 20.1. The van der Waals surface area contributed by atoms with E-state index in [0.717, 1.165) is 26.9 Å². The second-order valence-electron chi connectivity index (χ2n) is 7.02. The smallest absolute Gasteiger partial charge is 0.227 e. The van der Waals surface area contributed by atoms with Gasteiger partial charge < -0.3 is 9.64 Å². The van der Waals surface area contributed by atoms with Crippen LogP contribution in [0.4, 0.5) is 0 Å². The predicted octanol–water partition coefficient (Wildman–Crippen LogP) is 4.82. The van der Waals surface area contributed by atoms with Gasteiger partial charge in [-0.3, -0.25) is 4.79 Å². The van der Waals surface area contributed by atoms with E-state index in [4.69, 9.17) is 4.74 Å². The van der Waals surface area contributed by atoms with Crippen LogP contribution in [0.2, 0.25) is 0 Å². The lowest BCUT2D eigenvalue weighted by atomic mass is 10.1. The van der Waals surface area contributed by atoms with E-state index in [0.29, 0.717) is 19.6 Å². The van der Waals surface area contributed by atoms with E-state index in [9.17, 15) is 4.79 Å². The highest BCUT2D eigenvalue weighted by molar-refractivity contribution is 7.12. The minimum absolute atomic E-state index is 0.0736. The minimum atomic E-state index is 0.0736. The Balaban J connectivity index is 1.59. The predicted molar refractivity (Wildman–Crippen MR) is 115 cm³/mol. The Kier molecular flexibility index (Phi) is 6.47. The standard InChI is InChI=1S/C23H26N2O2S/c1-16-5-9-19(10-6-16)23-21(28-18(3)24-23)15-22(26)25(4)13-14-27-20-11-7-17(2)8-12-20/h5-12H,13-15H2,1-4H3. The summed E-state index contributed by atoms with van der Waals surface area (Å²) in [4.78, 5) is 20.1. The van der Waals surface area contributed by atoms with E-state index in [-0.39, 0.29) is 5.91 Å². The van der Waals surface area contributed by atoms with Gasteiger partial charge in [0, 0.05) is 17.5 Å². The summed E-state index contributed by atoms with van der Waals surface area (Å²) in [6.07, 6.45) is 0.357. The van der Waals surface area contributed by atoms with Crippen molar-refractivity contribution >= 4 is 17.2 Å². The van der Waals surface area contributed by atoms with Gasteiger partial charge >= 0.3 is 0 Å². The SMILES string of the molecule is Cc1ccc(OCCN(C)C(=O)Cc2sc(C)nc2-c2ccc(C)cc2)cc1. The zero-order valence-corrected chi connectivity index (χ0v) is 17.7. The number of aromatic nitrogens is 1. The molecule has 3 aromatic rings. The summed E-state index contributed by atoms with van der Waals surface area (Å²) in [7, 11) is 1.82. The molecule has 0 aliphatic rings. The maximum absolute atomic E-state index is 12.7. The average Bonchev–Trinajstić information content (AvgIpc) is 3.04. The van der Waals surface area contributed by atoms with Crippen molar-refractivity contribution in [2.24, 2.45) is 0 Å². The summed E-state index contributed by atoms with van der Waals surface area (Å²) >= 11 is 1.59. The molecule has 5 heteroatoms. The first-order chi connectivity index (χ1) is 13.4. The maximum Gasteiger partial charge on any atom is 0.227 e. The quantitative estimate of drug-likeness (QED) is 0.577. The van der Waals surface area contributed by atoms with Crippen molar-refractivity contribution in [3.05, 3.63) is 69.5 Å². The number of thiazole rings is 1. The van der Waals surface area contributed by atoms with Crippen LogP contribution in [-0.4, -0.2) is 36.0 Å². The van der Waals surface area contributed by atoms with Crippen molar-refractivity contribution in [3.8, 4) is 17.0 Å². The number of rotatable bonds is 7. The topological polar surface area (TPSA) is 42.4 Å². The van der Waals surface area contributed by atoms with Gasteiger partial charge in [-0.2, -0.15) is 0 Å². The Labute approximate surface area is 170 Å². The van der Waals surface area contributed by atoms with Crippen LogP contribution in [0.1, 0.15) is 21.0 Å². The van der Waals surface area contributed by atoms with Crippen molar-refractivity contribution in [2.75, 3.05) is 20.2 Å². The number of carbonyl (C=O) groups excluding carboxylic acids is 1. The maximum atomic E-state index is 12.7. The molecule has 0 spiro atoms. The van der Waals surface area contributed by atoms with Gasteiger partial charge in [0.25, 0.3) is 0 Å². The molecule has 146 valence electrons. The zero-order valence-electron chi connectivity index (χ0n) is 16.9. The van der Waals surface area contributed by atoms with Crippen LogP contribution < -0.4 is 4.74 Å². The molecule has 0 N–H and O–H groups in total. The van der Waals surface area contributed by atoms with E-state index in [1.807, 2.05) is 45.2 Å². The molecule has 4 nitrogen and oxygen atoms in total. The number of hydrogen-bond acceptors (Lipinski definition) is 4. The fourth-order valence-electron chi connectivity index (χ4n) is 2.86. The number of likely N-dealkylation sites (N-methyl/N-ethyl adjacent to an activating group) is 1. The van der Waals surface area contributed by atoms with Crippen LogP contribution in [0, 0.1) is 20.8 Å². The fourth-order valence-corrected chi connectivity index (χ4v) is 3.81. The van der Waals surface area contributed by atoms with E-state index < -0.39 is 0 Å². The number of nitrogens with zero attached hydrogens (tertiary/aromatic N) is 2. The molecule has 0 aliphatic heterocycles. The Morgan fingerprint density at radius 1 is 1.00 bits per heavy atom. The van der Waals surface area contributed by atoms with Gasteiger partial charge in [-0.1, -0.05) is 47.5 Å². The van der Waals surface area contributed by atoms with Crippen molar-refractivity contribution in [1.82, 2.24) is 9.88 Å². The molecule has 0 saturated heterocycles. The third kappa shape index (κ3) is 5.20. The molecule has 1 aromatic heterocycles. The number of ether oxygens (including phenoxy) is 1. The summed E-state index contributed by atoms with van der Waals surface area (Å²) in [5.74, 6) is 0.899. The van der Waals surface area contributed by atoms with Crippen LogP contribution in [0.5, 0.6) is 5.75 Å². The third-order valence-corrected chi connectivity index (χ3v) is 5.55. The van der Waals surface area contributed by atoms with Crippen LogP contribution in [0.3, 0.4) is 0 Å². The lowest BCUT2D eigenvalue weighted by molar-refractivity contribution is -0.129. The van der Waals surface area contributed by atoms with E-state index in [1.54, 1.807) is 16.2 Å². The number of benzene rings is 2. The first-order valence-corrected chi connectivity index (χ1v) is 10.2. The molecular formula is C23H26N2O2S. The molecule has 3 rings (SSSR count).